The Hall–Kier alpha value is -2.62. The fourth-order valence-electron chi connectivity index (χ4n) is 3.13. The van der Waals surface area contributed by atoms with E-state index in [1.807, 2.05) is 59.5 Å². The van der Waals surface area contributed by atoms with E-state index < -0.39 is 0 Å². The minimum atomic E-state index is -0.000974. The summed E-state index contributed by atoms with van der Waals surface area (Å²) in [6, 6.07) is 17.2. The number of hydrogen-bond acceptors (Lipinski definition) is 2. The van der Waals surface area contributed by atoms with Gasteiger partial charge in [-0.25, -0.2) is 0 Å². The lowest BCUT2D eigenvalue weighted by Gasteiger charge is -2.23. The molecule has 2 aromatic rings. The smallest absolute Gasteiger partial charge is 0.258 e. The van der Waals surface area contributed by atoms with Gasteiger partial charge in [0.2, 0.25) is 5.91 Å². The lowest BCUT2D eigenvalue weighted by molar-refractivity contribution is -0.117. The molecule has 1 fully saturated rings. The Labute approximate surface area is 149 Å². The fraction of sp³-hybridized carbons (Fsp3) is 0.333. The minimum Gasteiger partial charge on any atom is -0.312 e. The zero-order valence-corrected chi connectivity index (χ0v) is 14.6. The van der Waals surface area contributed by atoms with Gasteiger partial charge in [0.1, 0.15) is 0 Å². The van der Waals surface area contributed by atoms with Gasteiger partial charge in [-0.1, -0.05) is 31.5 Å². The van der Waals surface area contributed by atoms with Gasteiger partial charge in [0.25, 0.3) is 5.91 Å². The Bertz CT molecular complexity index is 725. The summed E-state index contributed by atoms with van der Waals surface area (Å²) in [5.41, 5.74) is 2.44. The molecule has 1 aliphatic heterocycles. The lowest BCUT2D eigenvalue weighted by Crippen LogP contribution is -2.32. The van der Waals surface area contributed by atoms with Gasteiger partial charge in [0, 0.05) is 36.4 Å². The molecular formula is C21H24N2O2. The van der Waals surface area contributed by atoms with Crippen molar-refractivity contribution in [2.45, 2.75) is 32.6 Å². The van der Waals surface area contributed by atoms with E-state index >= 15 is 0 Å². The molecule has 2 aromatic carbocycles. The zero-order chi connectivity index (χ0) is 17.6. The average molecular weight is 336 g/mol. The van der Waals surface area contributed by atoms with Crippen LogP contribution in [-0.2, 0) is 4.79 Å². The van der Waals surface area contributed by atoms with Crippen molar-refractivity contribution in [1.82, 2.24) is 0 Å². The van der Waals surface area contributed by atoms with Crippen molar-refractivity contribution < 1.29 is 9.59 Å². The summed E-state index contributed by atoms with van der Waals surface area (Å²) in [6.07, 6.45) is 3.51. The summed E-state index contributed by atoms with van der Waals surface area (Å²) >= 11 is 0. The standard InChI is InChI=1S/C21H24N2O2/c1-2-3-15-23(18-8-5-4-6-9-18)21(25)17-11-13-19(14-12-17)22-16-7-10-20(22)24/h4-6,8-9,11-14H,2-3,7,10,15-16H2,1H3. The maximum absolute atomic E-state index is 13.0. The van der Waals surface area contributed by atoms with Crippen LogP contribution < -0.4 is 9.80 Å². The third kappa shape index (κ3) is 3.90. The van der Waals surface area contributed by atoms with E-state index in [0.717, 1.165) is 37.2 Å². The Balaban J connectivity index is 1.80. The lowest BCUT2D eigenvalue weighted by atomic mass is 10.1. The van der Waals surface area contributed by atoms with Gasteiger partial charge in [0.15, 0.2) is 0 Å². The Morgan fingerprint density at radius 1 is 1.08 bits per heavy atom. The number of carbonyl (C=O) groups is 2. The van der Waals surface area contributed by atoms with E-state index in [4.69, 9.17) is 0 Å². The first-order chi connectivity index (χ1) is 12.2. The zero-order valence-electron chi connectivity index (χ0n) is 14.6. The summed E-state index contributed by atoms with van der Waals surface area (Å²) in [5.74, 6) is 0.159. The topological polar surface area (TPSA) is 40.6 Å². The number of rotatable bonds is 6. The van der Waals surface area contributed by atoms with E-state index in [0.29, 0.717) is 18.5 Å². The molecule has 4 nitrogen and oxygen atoms in total. The second-order valence-corrected chi connectivity index (χ2v) is 6.34. The molecule has 0 aliphatic carbocycles. The number of anilines is 2. The van der Waals surface area contributed by atoms with Crippen LogP contribution in [0.1, 0.15) is 43.0 Å². The van der Waals surface area contributed by atoms with E-state index in [2.05, 4.69) is 6.92 Å². The van der Waals surface area contributed by atoms with Crippen LogP contribution in [0.2, 0.25) is 0 Å². The Morgan fingerprint density at radius 3 is 2.40 bits per heavy atom. The molecule has 0 N–H and O–H groups in total. The molecule has 1 heterocycles. The molecule has 0 radical (unpaired) electrons. The van der Waals surface area contributed by atoms with E-state index in [1.54, 1.807) is 4.90 Å². The van der Waals surface area contributed by atoms with Crippen molar-refractivity contribution in [2.24, 2.45) is 0 Å². The van der Waals surface area contributed by atoms with Gasteiger partial charge in [0.05, 0.1) is 0 Å². The number of amides is 2. The number of nitrogens with zero attached hydrogens (tertiary/aromatic N) is 2. The third-order valence-electron chi connectivity index (χ3n) is 4.55. The van der Waals surface area contributed by atoms with E-state index in [1.165, 1.54) is 0 Å². The first-order valence-electron chi connectivity index (χ1n) is 8.98. The van der Waals surface area contributed by atoms with Crippen molar-refractivity contribution in [1.29, 1.82) is 0 Å². The van der Waals surface area contributed by atoms with Crippen LogP contribution in [0, 0.1) is 0 Å². The normalized spacial score (nSPS) is 14.0. The van der Waals surface area contributed by atoms with Crippen LogP contribution in [-0.4, -0.2) is 24.9 Å². The highest BCUT2D eigenvalue weighted by molar-refractivity contribution is 6.06. The highest BCUT2D eigenvalue weighted by atomic mass is 16.2. The minimum absolute atomic E-state index is 0.000974. The Kier molecular flexibility index (Phi) is 5.49. The fourth-order valence-corrected chi connectivity index (χ4v) is 3.13. The number of hydrogen-bond donors (Lipinski definition) is 0. The van der Waals surface area contributed by atoms with Crippen LogP contribution in [0.3, 0.4) is 0 Å². The number of carbonyl (C=O) groups excluding carboxylic acids is 2. The SMILES string of the molecule is CCCCN(C(=O)c1ccc(N2CCCC2=O)cc1)c1ccccc1. The number of unbranched alkanes of at least 4 members (excludes halogenated alkanes) is 1. The van der Waals surface area contributed by atoms with E-state index in [-0.39, 0.29) is 11.8 Å². The van der Waals surface area contributed by atoms with Gasteiger partial charge >= 0.3 is 0 Å². The second kappa shape index (κ2) is 7.97. The second-order valence-electron chi connectivity index (χ2n) is 6.34. The average Bonchev–Trinajstić information content (AvgIpc) is 3.09. The molecule has 0 spiro atoms. The summed E-state index contributed by atoms with van der Waals surface area (Å²) in [4.78, 5) is 28.5. The van der Waals surface area contributed by atoms with Gasteiger partial charge in [-0.2, -0.15) is 0 Å². The van der Waals surface area contributed by atoms with Crippen molar-refractivity contribution in [2.75, 3.05) is 22.9 Å². The van der Waals surface area contributed by atoms with Gasteiger partial charge in [-0.3, -0.25) is 9.59 Å². The number of benzene rings is 2. The van der Waals surface area contributed by atoms with E-state index in [9.17, 15) is 9.59 Å². The predicted molar refractivity (Wildman–Crippen MR) is 101 cm³/mol. The van der Waals surface area contributed by atoms with Gasteiger partial charge in [-0.15, -0.1) is 0 Å². The van der Waals surface area contributed by atoms with Crippen molar-refractivity contribution >= 4 is 23.2 Å². The molecule has 0 unspecified atom stereocenters. The molecule has 0 saturated carbocycles. The first kappa shape index (κ1) is 17.2. The first-order valence-corrected chi connectivity index (χ1v) is 8.98. The molecular weight excluding hydrogens is 312 g/mol. The summed E-state index contributed by atoms with van der Waals surface area (Å²) in [6.45, 7) is 3.58. The van der Waals surface area contributed by atoms with Gasteiger partial charge < -0.3 is 9.80 Å². The molecule has 0 bridgehead atoms. The highest BCUT2D eigenvalue weighted by Gasteiger charge is 2.22. The van der Waals surface area contributed by atoms with Crippen LogP contribution in [0.15, 0.2) is 54.6 Å². The molecule has 130 valence electrons. The number of para-hydroxylation sites is 1. The van der Waals surface area contributed by atoms with Crippen molar-refractivity contribution in [3.05, 3.63) is 60.2 Å². The van der Waals surface area contributed by atoms with Crippen molar-refractivity contribution in [3.8, 4) is 0 Å². The van der Waals surface area contributed by atoms with Gasteiger partial charge in [-0.05, 0) is 49.2 Å². The molecule has 4 heteroatoms. The van der Waals surface area contributed by atoms with Crippen LogP contribution in [0.25, 0.3) is 0 Å². The van der Waals surface area contributed by atoms with Crippen LogP contribution in [0.5, 0.6) is 0 Å². The van der Waals surface area contributed by atoms with Crippen LogP contribution in [0.4, 0.5) is 11.4 Å². The molecule has 1 saturated heterocycles. The molecule has 25 heavy (non-hydrogen) atoms. The summed E-state index contributed by atoms with van der Waals surface area (Å²) < 4.78 is 0. The Morgan fingerprint density at radius 2 is 1.80 bits per heavy atom. The molecule has 0 atom stereocenters. The quantitative estimate of drug-likeness (QED) is 0.791. The largest absolute Gasteiger partial charge is 0.312 e. The maximum Gasteiger partial charge on any atom is 0.258 e. The monoisotopic (exact) mass is 336 g/mol. The summed E-state index contributed by atoms with van der Waals surface area (Å²) in [5, 5.41) is 0. The molecule has 2 amide bonds. The molecule has 1 aliphatic rings. The third-order valence-corrected chi connectivity index (χ3v) is 4.55. The van der Waals surface area contributed by atoms with Crippen molar-refractivity contribution in [3.63, 3.8) is 0 Å². The maximum atomic E-state index is 13.0. The molecule has 3 rings (SSSR count). The molecule has 0 aromatic heterocycles. The predicted octanol–water partition coefficient (Wildman–Crippen LogP) is 4.26. The highest BCUT2D eigenvalue weighted by Crippen LogP contribution is 2.23. The van der Waals surface area contributed by atoms with Crippen LogP contribution >= 0.6 is 0 Å². The summed E-state index contributed by atoms with van der Waals surface area (Å²) in [7, 11) is 0.